The molecular weight excluding hydrogens is 498 g/mol. The van der Waals surface area contributed by atoms with E-state index in [2.05, 4.69) is 10.6 Å². The van der Waals surface area contributed by atoms with Crippen LogP contribution in [0.15, 0.2) is 97.1 Å². The van der Waals surface area contributed by atoms with Crippen molar-refractivity contribution in [2.45, 2.75) is 5.54 Å². The Morgan fingerprint density at radius 1 is 0.576 bits per heavy atom. The van der Waals surface area contributed by atoms with Crippen molar-refractivity contribution in [2.75, 3.05) is 10.6 Å². The van der Waals surface area contributed by atoms with Crippen molar-refractivity contribution < 1.29 is 4.79 Å². The highest BCUT2D eigenvalue weighted by Gasteiger charge is 2.43. The molecule has 0 aliphatic rings. The number of nitrogens with one attached hydrogen (secondary N) is 2. The topological polar surface area (TPSA) is 41.1 Å². The molecule has 0 saturated carbocycles. The number of carbonyl (C=O) groups is 1. The van der Waals surface area contributed by atoms with Crippen molar-refractivity contribution in [1.82, 2.24) is 0 Å². The summed E-state index contributed by atoms with van der Waals surface area (Å²) in [6.45, 7) is 0. The molecule has 0 heterocycles. The lowest BCUT2D eigenvalue weighted by atomic mass is 9.81. The van der Waals surface area contributed by atoms with Gasteiger partial charge in [-0.2, -0.15) is 0 Å². The Morgan fingerprint density at radius 3 is 1.55 bits per heavy atom. The van der Waals surface area contributed by atoms with Crippen molar-refractivity contribution in [2.24, 2.45) is 0 Å². The first-order valence-corrected chi connectivity index (χ1v) is 11.5. The molecule has 4 aromatic rings. The zero-order valence-electron chi connectivity index (χ0n) is 17.2. The van der Waals surface area contributed by atoms with Crippen LogP contribution in [-0.2, 0) is 10.3 Å². The number of hydrogen-bond donors (Lipinski definition) is 2. The smallest absolute Gasteiger partial charge is 0.259 e. The third kappa shape index (κ3) is 4.68. The van der Waals surface area contributed by atoms with Gasteiger partial charge in [0.15, 0.2) is 5.54 Å². The van der Waals surface area contributed by atoms with Crippen LogP contribution >= 0.6 is 46.4 Å². The Hall–Kier alpha value is -2.69. The largest absolute Gasteiger partial charge is 0.363 e. The van der Waals surface area contributed by atoms with Crippen LogP contribution in [0.2, 0.25) is 20.1 Å². The SMILES string of the molecule is O=C(Nc1cccc(Cl)c1Cl)C(Nc1cccc(Cl)c1Cl)(c1ccccc1)c1ccccc1. The van der Waals surface area contributed by atoms with Crippen LogP contribution in [0.25, 0.3) is 0 Å². The Balaban J connectivity index is 1.94. The minimum absolute atomic E-state index is 0.253. The van der Waals surface area contributed by atoms with E-state index in [0.29, 0.717) is 37.6 Å². The predicted octanol–water partition coefficient (Wildman–Crippen LogP) is 8.29. The van der Waals surface area contributed by atoms with Gasteiger partial charge in [-0.3, -0.25) is 4.79 Å². The highest BCUT2D eigenvalue weighted by molar-refractivity contribution is 6.44. The van der Waals surface area contributed by atoms with Gasteiger partial charge in [0.25, 0.3) is 5.91 Å². The molecule has 33 heavy (non-hydrogen) atoms. The highest BCUT2D eigenvalue weighted by Crippen LogP contribution is 2.40. The molecule has 0 saturated heterocycles. The summed E-state index contributed by atoms with van der Waals surface area (Å²) < 4.78 is 0. The minimum Gasteiger partial charge on any atom is -0.363 e. The minimum atomic E-state index is -1.37. The van der Waals surface area contributed by atoms with Crippen molar-refractivity contribution >= 4 is 63.7 Å². The average molecular weight is 516 g/mol. The molecule has 0 unspecified atom stereocenters. The molecule has 7 heteroatoms. The van der Waals surface area contributed by atoms with Gasteiger partial charge in [-0.05, 0) is 35.4 Å². The van der Waals surface area contributed by atoms with Gasteiger partial charge in [0, 0.05) is 0 Å². The number of halogens is 4. The van der Waals surface area contributed by atoms with E-state index < -0.39 is 5.54 Å². The summed E-state index contributed by atoms with van der Waals surface area (Å²) in [5.41, 5.74) is 0.919. The van der Waals surface area contributed by atoms with E-state index in [9.17, 15) is 4.79 Å². The van der Waals surface area contributed by atoms with Gasteiger partial charge in [0.05, 0.1) is 31.5 Å². The molecule has 4 rings (SSSR count). The van der Waals surface area contributed by atoms with Gasteiger partial charge in [0.2, 0.25) is 0 Å². The molecule has 0 radical (unpaired) electrons. The number of hydrogen-bond acceptors (Lipinski definition) is 2. The van der Waals surface area contributed by atoms with Gasteiger partial charge in [-0.25, -0.2) is 0 Å². The number of amides is 1. The van der Waals surface area contributed by atoms with Crippen LogP contribution in [0.4, 0.5) is 11.4 Å². The first-order chi connectivity index (χ1) is 15.9. The molecule has 0 fully saturated rings. The standard InChI is InChI=1S/C26H18Cl4N2O/c27-19-13-7-15-21(23(19)29)31-25(33)26(17-9-3-1-4-10-17,18-11-5-2-6-12-18)32-22-16-8-14-20(28)24(22)30/h1-16,32H,(H,31,33). The molecule has 0 bridgehead atoms. The van der Waals surface area contributed by atoms with Crippen molar-refractivity contribution in [1.29, 1.82) is 0 Å². The van der Waals surface area contributed by atoms with E-state index in [-0.39, 0.29) is 10.9 Å². The Kier molecular flexibility index (Phi) is 7.16. The second kappa shape index (κ2) is 10.1. The number of rotatable bonds is 6. The lowest BCUT2D eigenvalue weighted by Crippen LogP contribution is -2.48. The van der Waals surface area contributed by atoms with Crippen LogP contribution in [0.1, 0.15) is 11.1 Å². The molecular formula is C26H18Cl4N2O. The molecule has 4 aromatic carbocycles. The third-order valence-corrected chi connectivity index (χ3v) is 6.87. The number of carbonyl (C=O) groups excluding carboxylic acids is 1. The van der Waals surface area contributed by atoms with E-state index in [4.69, 9.17) is 46.4 Å². The molecule has 0 atom stereocenters. The molecule has 2 N–H and O–H groups in total. The fourth-order valence-corrected chi connectivity index (χ4v) is 4.32. The molecule has 0 aromatic heterocycles. The monoisotopic (exact) mass is 514 g/mol. The fraction of sp³-hybridized carbons (Fsp3) is 0.0385. The Morgan fingerprint density at radius 2 is 1.03 bits per heavy atom. The Labute approximate surface area is 212 Å². The lowest BCUT2D eigenvalue weighted by molar-refractivity contribution is -0.119. The first-order valence-electron chi connectivity index (χ1n) is 10.0. The van der Waals surface area contributed by atoms with Crippen molar-refractivity contribution in [3.05, 3.63) is 128 Å². The third-order valence-electron chi connectivity index (χ3n) is 5.23. The average Bonchev–Trinajstić information content (AvgIpc) is 2.84. The molecule has 0 aliphatic heterocycles. The summed E-state index contributed by atoms with van der Waals surface area (Å²) in [5, 5.41) is 7.60. The second-order valence-corrected chi connectivity index (χ2v) is 8.83. The molecule has 166 valence electrons. The van der Waals surface area contributed by atoms with E-state index in [1.54, 1.807) is 36.4 Å². The summed E-state index contributed by atoms with van der Waals surface area (Å²) in [6, 6.07) is 29.0. The van der Waals surface area contributed by atoms with Gasteiger partial charge in [0.1, 0.15) is 0 Å². The van der Waals surface area contributed by atoms with Crippen LogP contribution in [0.5, 0.6) is 0 Å². The van der Waals surface area contributed by atoms with Crippen LogP contribution < -0.4 is 10.6 Å². The normalized spacial score (nSPS) is 11.2. The maximum Gasteiger partial charge on any atom is 0.259 e. The van der Waals surface area contributed by atoms with Crippen LogP contribution in [-0.4, -0.2) is 5.91 Å². The number of anilines is 2. The number of benzene rings is 4. The van der Waals surface area contributed by atoms with E-state index in [1.165, 1.54) is 0 Å². The van der Waals surface area contributed by atoms with E-state index in [0.717, 1.165) is 0 Å². The quantitative estimate of drug-likeness (QED) is 0.271. The van der Waals surface area contributed by atoms with Gasteiger partial charge in [-0.1, -0.05) is 119 Å². The maximum atomic E-state index is 14.1. The Bertz CT molecular complexity index is 1240. The molecule has 1 amide bonds. The second-order valence-electron chi connectivity index (χ2n) is 7.26. The van der Waals surface area contributed by atoms with Crippen LogP contribution in [0.3, 0.4) is 0 Å². The van der Waals surface area contributed by atoms with E-state index >= 15 is 0 Å². The molecule has 0 aliphatic carbocycles. The van der Waals surface area contributed by atoms with Crippen molar-refractivity contribution in [3.8, 4) is 0 Å². The predicted molar refractivity (Wildman–Crippen MR) is 139 cm³/mol. The summed E-state index contributed by atoms with van der Waals surface area (Å²) >= 11 is 25.4. The zero-order chi connectivity index (χ0) is 23.4. The summed E-state index contributed by atoms with van der Waals surface area (Å²) in [6.07, 6.45) is 0. The van der Waals surface area contributed by atoms with Crippen molar-refractivity contribution in [3.63, 3.8) is 0 Å². The fourth-order valence-electron chi connectivity index (χ4n) is 3.63. The first kappa shape index (κ1) is 23.5. The zero-order valence-corrected chi connectivity index (χ0v) is 20.2. The van der Waals surface area contributed by atoms with Gasteiger partial charge in [-0.15, -0.1) is 0 Å². The van der Waals surface area contributed by atoms with E-state index in [1.807, 2.05) is 60.7 Å². The highest BCUT2D eigenvalue weighted by atomic mass is 35.5. The molecule has 3 nitrogen and oxygen atoms in total. The summed E-state index contributed by atoms with van der Waals surface area (Å²) in [4.78, 5) is 14.1. The van der Waals surface area contributed by atoms with Gasteiger partial charge < -0.3 is 10.6 Å². The summed E-state index contributed by atoms with van der Waals surface area (Å²) in [5.74, 6) is -0.375. The lowest BCUT2D eigenvalue weighted by Gasteiger charge is -2.36. The maximum absolute atomic E-state index is 14.1. The summed E-state index contributed by atoms with van der Waals surface area (Å²) in [7, 11) is 0. The van der Waals surface area contributed by atoms with Gasteiger partial charge >= 0.3 is 0 Å². The van der Waals surface area contributed by atoms with Crippen LogP contribution in [0, 0.1) is 0 Å². The molecule has 0 spiro atoms.